The molecule has 1 atom stereocenters. The average molecular weight is 321 g/mol. The summed E-state index contributed by atoms with van der Waals surface area (Å²) in [4.78, 5) is 5.37. The molecular formula is C15H19N3OS2. The van der Waals surface area contributed by atoms with Gasteiger partial charge in [0.05, 0.1) is 6.61 Å². The Bertz CT molecular complexity index is 634. The number of rotatable bonds is 5. The lowest BCUT2D eigenvalue weighted by Gasteiger charge is -2.11. The predicted molar refractivity (Wildman–Crippen MR) is 90.5 cm³/mol. The first-order chi connectivity index (χ1) is 10.2. The van der Waals surface area contributed by atoms with E-state index in [0.29, 0.717) is 11.7 Å². The zero-order valence-electron chi connectivity index (χ0n) is 12.2. The van der Waals surface area contributed by atoms with Crippen LogP contribution >= 0.6 is 23.6 Å². The van der Waals surface area contributed by atoms with E-state index in [4.69, 9.17) is 17.0 Å². The molecule has 4 nitrogen and oxygen atoms in total. The van der Waals surface area contributed by atoms with Gasteiger partial charge in [-0.1, -0.05) is 30.3 Å². The monoisotopic (exact) mass is 321 g/mol. The van der Waals surface area contributed by atoms with Gasteiger partial charge in [-0.2, -0.15) is 4.99 Å². The van der Waals surface area contributed by atoms with Gasteiger partial charge in [0.25, 0.3) is 0 Å². The van der Waals surface area contributed by atoms with Crippen LogP contribution in [0.15, 0.2) is 46.9 Å². The summed E-state index contributed by atoms with van der Waals surface area (Å²) in [7, 11) is 1.67. The summed E-state index contributed by atoms with van der Waals surface area (Å²) in [6.45, 7) is 3.40. The van der Waals surface area contributed by atoms with E-state index in [2.05, 4.69) is 27.0 Å². The quantitative estimate of drug-likeness (QED) is 0.860. The van der Waals surface area contributed by atoms with Crippen molar-refractivity contribution in [1.82, 2.24) is 9.88 Å². The molecule has 0 aliphatic rings. The van der Waals surface area contributed by atoms with Gasteiger partial charge in [0.2, 0.25) is 0 Å². The maximum atomic E-state index is 5.28. The first-order valence-electron chi connectivity index (χ1n) is 6.71. The van der Waals surface area contributed by atoms with Gasteiger partial charge in [-0.15, -0.1) is 11.3 Å². The molecule has 0 spiro atoms. The number of nitrogens with zero attached hydrogens (tertiary/aromatic N) is 2. The number of hydrogen-bond donors (Lipinski definition) is 1. The van der Waals surface area contributed by atoms with Gasteiger partial charge < -0.3 is 14.6 Å². The van der Waals surface area contributed by atoms with Crippen LogP contribution < -0.4 is 10.1 Å². The summed E-state index contributed by atoms with van der Waals surface area (Å²) in [5.41, 5.74) is 1.24. The minimum Gasteiger partial charge on any atom is -0.383 e. The topological polar surface area (TPSA) is 38.5 Å². The molecule has 1 unspecified atom stereocenters. The fourth-order valence-electron chi connectivity index (χ4n) is 1.91. The maximum Gasteiger partial charge on any atom is 0.195 e. The minimum absolute atomic E-state index is 0.147. The number of hydrogen-bond acceptors (Lipinski definition) is 3. The Labute approximate surface area is 134 Å². The highest BCUT2D eigenvalue weighted by Crippen LogP contribution is 2.01. The van der Waals surface area contributed by atoms with Gasteiger partial charge in [0.1, 0.15) is 0 Å². The molecule has 0 saturated heterocycles. The Morgan fingerprint density at radius 3 is 2.90 bits per heavy atom. The largest absolute Gasteiger partial charge is 0.383 e. The van der Waals surface area contributed by atoms with Crippen molar-refractivity contribution in [3.05, 3.63) is 52.3 Å². The van der Waals surface area contributed by atoms with Crippen LogP contribution in [0.3, 0.4) is 0 Å². The molecule has 0 aliphatic carbocycles. The van der Waals surface area contributed by atoms with Gasteiger partial charge in [-0.3, -0.25) is 0 Å². The standard InChI is InChI=1S/C15H19N3OS2/c1-12(11-19-2)16-14(20)17-15-18(8-9-21-15)10-13-6-4-3-5-7-13/h3-9,12H,10-11H2,1-2H3,(H,16,20)/b17-15-. The number of benzene rings is 1. The highest BCUT2D eigenvalue weighted by Gasteiger charge is 2.03. The smallest absolute Gasteiger partial charge is 0.195 e. The molecule has 0 bridgehead atoms. The normalized spacial score (nSPS) is 13.1. The van der Waals surface area contributed by atoms with Gasteiger partial charge >= 0.3 is 0 Å². The highest BCUT2D eigenvalue weighted by atomic mass is 32.1. The van der Waals surface area contributed by atoms with Crippen molar-refractivity contribution in [2.75, 3.05) is 13.7 Å². The molecule has 1 aromatic carbocycles. The molecule has 0 radical (unpaired) electrons. The lowest BCUT2D eigenvalue weighted by Crippen LogP contribution is -2.34. The molecule has 1 heterocycles. The van der Waals surface area contributed by atoms with Crippen molar-refractivity contribution < 1.29 is 4.74 Å². The van der Waals surface area contributed by atoms with Crippen LogP contribution in [0.4, 0.5) is 0 Å². The molecule has 6 heteroatoms. The summed E-state index contributed by atoms with van der Waals surface area (Å²) in [5.74, 6) is 0. The van der Waals surface area contributed by atoms with Crippen LogP contribution in [0.25, 0.3) is 0 Å². The first-order valence-corrected chi connectivity index (χ1v) is 8.00. The van der Waals surface area contributed by atoms with Crippen molar-refractivity contribution in [3.63, 3.8) is 0 Å². The minimum atomic E-state index is 0.147. The summed E-state index contributed by atoms with van der Waals surface area (Å²) < 4.78 is 7.17. The van der Waals surface area contributed by atoms with Crippen LogP contribution in [0.2, 0.25) is 0 Å². The Kier molecular flexibility index (Phi) is 6.10. The molecular weight excluding hydrogens is 302 g/mol. The van der Waals surface area contributed by atoms with E-state index in [0.717, 1.165) is 11.3 Å². The third kappa shape index (κ3) is 5.08. The highest BCUT2D eigenvalue weighted by molar-refractivity contribution is 7.80. The van der Waals surface area contributed by atoms with Crippen LogP contribution in [0.5, 0.6) is 0 Å². The van der Waals surface area contributed by atoms with Crippen LogP contribution in [-0.4, -0.2) is 29.4 Å². The number of nitrogens with one attached hydrogen (secondary N) is 1. The molecule has 0 fully saturated rings. The number of ether oxygens (including phenoxy) is 1. The molecule has 112 valence electrons. The summed E-state index contributed by atoms with van der Waals surface area (Å²) >= 11 is 6.85. The number of thiocarbonyl (C=S) groups is 1. The van der Waals surface area contributed by atoms with Crippen molar-refractivity contribution in [2.24, 2.45) is 4.99 Å². The predicted octanol–water partition coefficient (Wildman–Crippen LogP) is 2.41. The second kappa shape index (κ2) is 8.07. The van der Waals surface area contributed by atoms with Crippen molar-refractivity contribution in [1.29, 1.82) is 0 Å². The summed E-state index contributed by atoms with van der Waals surface area (Å²) in [5, 5.41) is 5.65. The van der Waals surface area contributed by atoms with E-state index >= 15 is 0 Å². The van der Waals surface area contributed by atoms with E-state index in [1.807, 2.05) is 36.7 Å². The summed E-state index contributed by atoms with van der Waals surface area (Å²) in [6, 6.07) is 10.4. The van der Waals surface area contributed by atoms with Crippen LogP contribution in [-0.2, 0) is 11.3 Å². The second-order valence-electron chi connectivity index (χ2n) is 4.72. The Morgan fingerprint density at radius 1 is 1.43 bits per heavy atom. The second-order valence-corrected chi connectivity index (χ2v) is 5.98. The Hall–Kier alpha value is -1.50. The molecule has 21 heavy (non-hydrogen) atoms. The lowest BCUT2D eigenvalue weighted by atomic mass is 10.2. The third-order valence-electron chi connectivity index (χ3n) is 2.84. The molecule has 0 aliphatic heterocycles. The van der Waals surface area contributed by atoms with Crippen molar-refractivity contribution >= 4 is 28.7 Å². The van der Waals surface area contributed by atoms with Crippen LogP contribution in [0.1, 0.15) is 12.5 Å². The number of aromatic nitrogens is 1. The fraction of sp³-hybridized carbons (Fsp3) is 0.333. The molecule has 2 aromatic rings. The van der Waals surface area contributed by atoms with Crippen LogP contribution in [0, 0.1) is 0 Å². The van der Waals surface area contributed by atoms with Gasteiger partial charge in [0.15, 0.2) is 9.91 Å². The zero-order chi connectivity index (χ0) is 15.1. The van der Waals surface area contributed by atoms with E-state index in [1.165, 1.54) is 5.56 Å². The SMILES string of the molecule is COCC(C)NC(=S)/N=c1\sccn1Cc1ccccc1. The fourth-order valence-corrected chi connectivity index (χ4v) is 2.99. The molecule has 1 N–H and O–H groups in total. The molecule has 0 saturated carbocycles. The van der Waals surface area contributed by atoms with Gasteiger partial charge in [-0.25, -0.2) is 0 Å². The van der Waals surface area contributed by atoms with E-state index in [9.17, 15) is 0 Å². The first kappa shape index (κ1) is 15.9. The lowest BCUT2D eigenvalue weighted by molar-refractivity contribution is 0.179. The molecule has 1 aromatic heterocycles. The zero-order valence-corrected chi connectivity index (χ0v) is 13.8. The van der Waals surface area contributed by atoms with Crippen molar-refractivity contribution in [2.45, 2.75) is 19.5 Å². The Balaban J connectivity index is 2.09. The third-order valence-corrected chi connectivity index (χ3v) is 3.84. The van der Waals surface area contributed by atoms with Crippen molar-refractivity contribution in [3.8, 4) is 0 Å². The average Bonchev–Trinajstić information content (AvgIpc) is 2.87. The molecule has 0 amide bonds. The number of methoxy groups -OCH3 is 1. The maximum absolute atomic E-state index is 5.28. The van der Waals surface area contributed by atoms with Gasteiger partial charge in [-0.05, 0) is 24.7 Å². The van der Waals surface area contributed by atoms with E-state index < -0.39 is 0 Å². The van der Waals surface area contributed by atoms with E-state index in [1.54, 1.807) is 18.4 Å². The van der Waals surface area contributed by atoms with Gasteiger partial charge in [0, 0.05) is 31.3 Å². The van der Waals surface area contributed by atoms with E-state index in [-0.39, 0.29) is 6.04 Å². The summed E-state index contributed by atoms with van der Waals surface area (Å²) in [6.07, 6.45) is 2.03. The molecule has 2 rings (SSSR count). The number of thiazole rings is 1. The Morgan fingerprint density at radius 2 is 2.19 bits per heavy atom.